The van der Waals surface area contributed by atoms with Crippen LogP contribution in [0.15, 0.2) is 0 Å². The Bertz CT molecular complexity index is 152. The van der Waals surface area contributed by atoms with E-state index in [2.05, 4.69) is 0 Å². The van der Waals surface area contributed by atoms with E-state index in [9.17, 15) is 4.57 Å². The van der Waals surface area contributed by atoms with E-state index in [4.69, 9.17) is 9.79 Å². The lowest BCUT2D eigenvalue weighted by Gasteiger charge is -2.25. The lowest BCUT2D eigenvalue weighted by Crippen LogP contribution is -2.27. The van der Waals surface area contributed by atoms with Gasteiger partial charge in [-0.3, -0.25) is 0 Å². The molecule has 0 aliphatic heterocycles. The summed E-state index contributed by atoms with van der Waals surface area (Å²) in [6.45, 7) is 3.83. The Morgan fingerprint density at radius 1 is 1.36 bits per heavy atom. The summed E-state index contributed by atoms with van der Waals surface area (Å²) in [5, 5.41) is 0. The quantitative estimate of drug-likeness (QED) is 0.640. The second-order valence-electron chi connectivity index (χ2n) is 2.56. The Morgan fingerprint density at radius 3 is 1.82 bits per heavy atom. The summed E-state index contributed by atoms with van der Waals surface area (Å²) in [5.41, 5.74) is 0. The standard InChI is InChI=1S/C6H16NO3P/c1-4-6(5-2)7(3)11(8,9)10/h6H,4-5H2,1-3H3,(H2,8,9,10). The third kappa shape index (κ3) is 3.34. The summed E-state index contributed by atoms with van der Waals surface area (Å²) in [4.78, 5) is 17.5. The minimum atomic E-state index is -4.01. The zero-order valence-corrected chi connectivity index (χ0v) is 8.08. The second-order valence-corrected chi connectivity index (χ2v) is 4.21. The maximum absolute atomic E-state index is 10.7. The topological polar surface area (TPSA) is 60.8 Å². The van der Waals surface area contributed by atoms with Gasteiger partial charge in [0.1, 0.15) is 0 Å². The third-order valence-electron chi connectivity index (χ3n) is 1.88. The molecular weight excluding hydrogens is 165 g/mol. The third-order valence-corrected chi connectivity index (χ3v) is 3.03. The van der Waals surface area contributed by atoms with Crippen LogP contribution in [0, 0.1) is 0 Å². The maximum Gasteiger partial charge on any atom is 0.402 e. The second kappa shape index (κ2) is 4.21. The van der Waals surface area contributed by atoms with E-state index in [-0.39, 0.29) is 6.04 Å². The van der Waals surface area contributed by atoms with Crippen molar-refractivity contribution in [3.8, 4) is 0 Å². The molecule has 0 fully saturated rings. The van der Waals surface area contributed by atoms with Crippen LogP contribution in [0.25, 0.3) is 0 Å². The van der Waals surface area contributed by atoms with Gasteiger partial charge in [-0.1, -0.05) is 13.8 Å². The molecule has 0 saturated carbocycles. The first-order valence-electron chi connectivity index (χ1n) is 3.72. The molecule has 0 unspecified atom stereocenters. The highest BCUT2D eigenvalue weighted by Gasteiger charge is 2.26. The van der Waals surface area contributed by atoms with Gasteiger partial charge < -0.3 is 9.79 Å². The Hall–Kier alpha value is 0.110. The molecule has 0 saturated heterocycles. The van der Waals surface area contributed by atoms with E-state index < -0.39 is 7.75 Å². The fourth-order valence-electron chi connectivity index (χ4n) is 1.03. The summed E-state index contributed by atoms with van der Waals surface area (Å²) in [7, 11) is -2.56. The molecule has 0 aromatic rings. The minimum Gasteiger partial charge on any atom is -0.312 e. The average molecular weight is 181 g/mol. The molecule has 4 nitrogen and oxygen atoms in total. The fraction of sp³-hybridized carbons (Fsp3) is 1.00. The molecule has 0 spiro atoms. The van der Waals surface area contributed by atoms with Crippen molar-refractivity contribution in [1.82, 2.24) is 4.67 Å². The van der Waals surface area contributed by atoms with Crippen molar-refractivity contribution in [2.75, 3.05) is 7.05 Å². The summed E-state index contributed by atoms with van der Waals surface area (Å²) in [6.07, 6.45) is 1.52. The van der Waals surface area contributed by atoms with E-state index in [1.807, 2.05) is 13.8 Å². The van der Waals surface area contributed by atoms with Crippen LogP contribution in [0.1, 0.15) is 26.7 Å². The number of hydrogen-bond acceptors (Lipinski definition) is 1. The fourth-order valence-corrected chi connectivity index (χ4v) is 1.78. The predicted octanol–water partition coefficient (Wildman–Crippen LogP) is 1.20. The van der Waals surface area contributed by atoms with Gasteiger partial charge in [0.2, 0.25) is 0 Å². The normalized spacial score (nSPS) is 13.0. The number of hydrogen-bond donors (Lipinski definition) is 2. The van der Waals surface area contributed by atoms with E-state index in [0.717, 1.165) is 17.5 Å². The van der Waals surface area contributed by atoms with Gasteiger partial charge in [0.05, 0.1) is 0 Å². The van der Waals surface area contributed by atoms with Gasteiger partial charge >= 0.3 is 7.75 Å². The molecule has 0 atom stereocenters. The van der Waals surface area contributed by atoms with Crippen LogP contribution in [0.4, 0.5) is 0 Å². The molecule has 68 valence electrons. The molecule has 0 heterocycles. The highest BCUT2D eigenvalue weighted by molar-refractivity contribution is 7.49. The molecule has 0 bridgehead atoms. The maximum atomic E-state index is 10.7. The molecule has 0 aliphatic carbocycles. The van der Waals surface area contributed by atoms with Gasteiger partial charge in [0, 0.05) is 6.04 Å². The molecule has 0 radical (unpaired) electrons. The van der Waals surface area contributed by atoms with E-state index in [1.54, 1.807) is 0 Å². The highest BCUT2D eigenvalue weighted by Crippen LogP contribution is 2.41. The first kappa shape index (κ1) is 11.1. The van der Waals surface area contributed by atoms with Crippen LogP contribution >= 0.6 is 7.75 Å². The lowest BCUT2D eigenvalue weighted by molar-refractivity contribution is 0.245. The van der Waals surface area contributed by atoms with Crippen LogP contribution in [-0.2, 0) is 4.57 Å². The molecule has 2 N–H and O–H groups in total. The summed E-state index contributed by atoms with van der Waals surface area (Å²) >= 11 is 0. The lowest BCUT2D eigenvalue weighted by atomic mass is 10.2. The zero-order chi connectivity index (χ0) is 9.07. The Kier molecular flexibility index (Phi) is 4.26. The summed E-state index contributed by atoms with van der Waals surface area (Å²) in [6, 6.07) is -0.0177. The van der Waals surface area contributed by atoms with Crippen molar-refractivity contribution < 1.29 is 14.4 Å². The van der Waals surface area contributed by atoms with Crippen molar-refractivity contribution >= 4 is 7.75 Å². The molecular formula is C6H16NO3P. The van der Waals surface area contributed by atoms with Crippen molar-refractivity contribution in [2.24, 2.45) is 0 Å². The van der Waals surface area contributed by atoms with Gasteiger partial charge in [-0.2, -0.15) is 0 Å². The SMILES string of the molecule is CCC(CC)N(C)P(=O)(O)O. The molecule has 0 rings (SSSR count). The van der Waals surface area contributed by atoms with Crippen LogP contribution in [-0.4, -0.2) is 27.5 Å². The van der Waals surface area contributed by atoms with Crippen LogP contribution in [0.5, 0.6) is 0 Å². The minimum absolute atomic E-state index is 0.0177. The predicted molar refractivity (Wildman–Crippen MR) is 44.2 cm³/mol. The smallest absolute Gasteiger partial charge is 0.312 e. The number of nitrogens with zero attached hydrogens (tertiary/aromatic N) is 1. The Labute approximate surface area is 67.4 Å². The molecule has 0 aliphatic rings. The van der Waals surface area contributed by atoms with E-state index >= 15 is 0 Å². The largest absolute Gasteiger partial charge is 0.402 e. The molecule has 5 heteroatoms. The Balaban J connectivity index is 4.21. The molecule has 0 aromatic heterocycles. The monoisotopic (exact) mass is 181 g/mol. The average Bonchev–Trinajstić information content (AvgIpc) is 1.88. The first-order chi connectivity index (χ1) is 4.93. The summed E-state index contributed by atoms with van der Waals surface area (Å²) < 4.78 is 11.8. The Morgan fingerprint density at radius 2 is 1.73 bits per heavy atom. The highest BCUT2D eigenvalue weighted by atomic mass is 31.2. The van der Waals surface area contributed by atoms with Gasteiger partial charge in [-0.25, -0.2) is 9.24 Å². The van der Waals surface area contributed by atoms with Gasteiger partial charge in [-0.05, 0) is 19.9 Å². The zero-order valence-electron chi connectivity index (χ0n) is 7.19. The first-order valence-corrected chi connectivity index (χ1v) is 5.28. The number of rotatable bonds is 4. The van der Waals surface area contributed by atoms with Gasteiger partial charge in [0.15, 0.2) is 0 Å². The van der Waals surface area contributed by atoms with Crippen molar-refractivity contribution in [3.05, 3.63) is 0 Å². The van der Waals surface area contributed by atoms with Crippen LogP contribution in [0.2, 0.25) is 0 Å². The molecule has 0 aromatic carbocycles. The van der Waals surface area contributed by atoms with Crippen LogP contribution in [0.3, 0.4) is 0 Å². The van der Waals surface area contributed by atoms with Crippen molar-refractivity contribution in [2.45, 2.75) is 32.7 Å². The van der Waals surface area contributed by atoms with Crippen molar-refractivity contribution in [1.29, 1.82) is 0 Å². The van der Waals surface area contributed by atoms with Crippen molar-refractivity contribution in [3.63, 3.8) is 0 Å². The van der Waals surface area contributed by atoms with Gasteiger partial charge in [-0.15, -0.1) is 0 Å². The molecule has 11 heavy (non-hydrogen) atoms. The summed E-state index contributed by atoms with van der Waals surface area (Å²) in [5.74, 6) is 0. The molecule has 0 amide bonds. The van der Waals surface area contributed by atoms with E-state index in [0.29, 0.717) is 0 Å². The van der Waals surface area contributed by atoms with Crippen LogP contribution < -0.4 is 0 Å². The van der Waals surface area contributed by atoms with Gasteiger partial charge in [0.25, 0.3) is 0 Å². The van der Waals surface area contributed by atoms with E-state index in [1.165, 1.54) is 7.05 Å².